The third-order valence-electron chi connectivity index (χ3n) is 2.07. The molecule has 0 aliphatic carbocycles. The Morgan fingerprint density at radius 2 is 1.92 bits per heavy atom. The molecule has 1 nitrogen and oxygen atoms in total. The number of hydrogen-bond acceptors (Lipinski definition) is 1. The number of hydrogen-bond donors (Lipinski definition) is 1. The summed E-state index contributed by atoms with van der Waals surface area (Å²) in [6.07, 6.45) is 1.16. The van der Waals surface area contributed by atoms with E-state index in [2.05, 4.69) is 31.3 Å². The van der Waals surface area contributed by atoms with E-state index < -0.39 is 0 Å². The lowest BCUT2D eigenvalue weighted by Crippen LogP contribution is -2.18. The van der Waals surface area contributed by atoms with E-state index in [9.17, 15) is 0 Å². The molecule has 0 amide bonds. The van der Waals surface area contributed by atoms with Gasteiger partial charge in [0, 0.05) is 11.1 Å². The molecule has 2 heteroatoms. The number of benzene rings is 1. The highest BCUT2D eigenvalue weighted by Gasteiger charge is 2.02. The summed E-state index contributed by atoms with van der Waals surface area (Å²) in [5, 5.41) is 4.22. The second-order valence-corrected chi connectivity index (χ2v) is 3.66. The molecule has 1 aromatic carbocycles. The number of halogens is 1. The van der Waals surface area contributed by atoms with Crippen molar-refractivity contribution in [2.75, 3.05) is 6.54 Å². The van der Waals surface area contributed by atoms with Gasteiger partial charge in [-0.2, -0.15) is 0 Å². The average Bonchev–Trinajstić information content (AvgIpc) is 2.15. The molecule has 0 bridgehead atoms. The summed E-state index contributed by atoms with van der Waals surface area (Å²) >= 11 is 5.80. The molecule has 0 saturated heterocycles. The van der Waals surface area contributed by atoms with Gasteiger partial charge in [-0.25, -0.2) is 0 Å². The van der Waals surface area contributed by atoms with E-state index >= 15 is 0 Å². The van der Waals surface area contributed by atoms with Crippen molar-refractivity contribution in [3.8, 4) is 0 Å². The van der Waals surface area contributed by atoms with Gasteiger partial charge in [0.2, 0.25) is 0 Å². The van der Waals surface area contributed by atoms with Gasteiger partial charge in [0.15, 0.2) is 0 Å². The van der Waals surface area contributed by atoms with Crippen molar-refractivity contribution in [2.45, 2.75) is 26.3 Å². The van der Waals surface area contributed by atoms with E-state index in [0.717, 1.165) is 18.0 Å². The molecule has 0 spiro atoms. The zero-order valence-corrected chi connectivity index (χ0v) is 8.93. The Labute approximate surface area is 85.1 Å². The first-order valence-electron chi connectivity index (χ1n) is 4.73. The zero-order valence-electron chi connectivity index (χ0n) is 8.18. The Morgan fingerprint density at radius 1 is 1.31 bits per heavy atom. The van der Waals surface area contributed by atoms with Crippen LogP contribution in [-0.2, 0) is 0 Å². The lowest BCUT2D eigenvalue weighted by atomic mass is 10.1. The molecular formula is C11H16ClN. The van der Waals surface area contributed by atoms with Crippen molar-refractivity contribution >= 4 is 11.6 Å². The number of nitrogens with one attached hydrogen (secondary N) is 1. The Bertz CT molecular complexity index is 243. The lowest BCUT2D eigenvalue weighted by molar-refractivity contribution is 0.571. The van der Waals surface area contributed by atoms with Crippen molar-refractivity contribution in [3.63, 3.8) is 0 Å². The lowest BCUT2D eigenvalue weighted by Gasteiger charge is -2.13. The van der Waals surface area contributed by atoms with Crippen LogP contribution in [0.3, 0.4) is 0 Å². The van der Waals surface area contributed by atoms with Crippen molar-refractivity contribution < 1.29 is 0 Å². The minimum absolute atomic E-state index is 0.414. The van der Waals surface area contributed by atoms with Crippen LogP contribution in [0.15, 0.2) is 24.3 Å². The van der Waals surface area contributed by atoms with E-state index in [1.807, 2.05) is 12.1 Å². The molecule has 0 saturated carbocycles. The van der Waals surface area contributed by atoms with Gasteiger partial charge >= 0.3 is 0 Å². The summed E-state index contributed by atoms with van der Waals surface area (Å²) in [4.78, 5) is 0. The molecule has 0 aliphatic rings. The maximum absolute atomic E-state index is 5.80. The van der Waals surface area contributed by atoms with Gasteiger partial charge in [0.1, 0.15) is 0 Å². The van der Waals surface area contributed by atoms with Gasteiger partial charge in [-0.3, -0.25) is 0 Å². The molecule has 0 heterocycles. The quantitative estimate of drug-likeness (QED) is 0.780. The highest BCUT2D eigenvalue weighted by Crippen LogP contribution is 2.15. The van der Waals surface area contributed by atoms with Crippen molar-refractivity contribution in [2.24, 2.45) is 0 Å². The Kier molecular flexibility index (Phi) is 4.26. The average molecular weight is 198 g/mol. The molecule has 13 heavy (non-hydrogen) atoms. The van der Waals surface area contributed by atoms with Crippen LogP contribution >= 0.6 is 11.6 Å². The van der Waals surface area contributed by atoms with Crippen LogP contribution in [-0.4, -0.2) is 6.54 Å². The predicted molar refractivity (Wildman–Crippen MR) is 58.2 cm³/mol. The third kappa shape index (κ3) is 3.37. The highest BCUT2D eigenvalue weighted by atomic mass is 35.5. The van der Waals surface area contributed by atoms with Crippen LogP contribution in [0.1, 0.15) is 31.9 Å². The molecule has 72 valence electrons. The third-order valence-corrected chi connectivity index (χ3v) is 2.32. The summed E-state index contributed by atoms with van der Waals surface area (Å²) in [5.74, 6) is 0. The molecule has 1 aromatic rings. The van der Waals surface area contributed by atoms with Crippen LogP contribution in [0.5, 0.6) is 0 Å². The fraction of sp³-hybridized carbons (Fsp3) is 0.455. The minimum Gasteiger partial charge on any atom is -0.310 e. The van der Waals surface area contributed by atoms with Crippen LogP contribution in [0.2, 0.25) is 5.02 Å². The monoisotopic (exact) mass is 197 g/mol. The molecule has 0 unspecified atom stereocenters. The standard InChI is InChI=1S/C11H16ClN/c1-3-8-13-9(2)10-4-6-11(12)7-5-10/h4-7,9,13H,3,8H2,1-2H3/t9-/m0/s1. The molecule has 0 radical (unpaired) electrons. The van der Waals surface area contributed by atoms with Crippen molar-refractivity contribution in [1.82, 2.24) is 5.32 Å². The summed E-state index contributed by atoms with van der Waals surface area (Å²) in [6.45, 7) is 5.39. The van der Waals surface area contributed by atoms with E-state index in [4.69, 9.17) is 11.6 Å². The molecule has 0 aliphatic heterocycles. The Morgan fingerprint density at radius 3 is 2.46 bits per heavy atom. The van der Waals surface area contributed by atoms with Gasteiger partial charge in [-0.15, -0.1) is 0 Å². The second kappa shape index (κ2) is 5.25. The van der Waals surface area contributed by atoms with Gasteiger partial charge in [-0.1, -0.05) is 30.7 Å². The highest BCUT2D eigenvalue weighted by molar-refractivity contribution is 6.30. The van der Waals surface area contributed by atoms with Crippen LogP contribution in [0, 0.1) is 0 Å². The molecule has 1 atom stereocenters. The van der Waals surface area contributed by atoms with E-state index in [0.29, 0.717) is 6.04 Å². The fourth-order valence-electron chi connectivity index (χ4n) is 1.23. The first-order valence-corrected chi connectivity index (χ1v) is 5.10. The van der Waals surface area contributed by atoms with Crippen molar-refractivity contribution in [1.29, 1.82) is 0 Å². The van der Waals surface area contributed by atoms with E-state index in [1.165, 1.54) is 5.56 Å². The summed E-state index contributed by atoms with van der Waals surface area (Å²) in [7, 11) is 0. The van der Waals surface area contributed by atoms with Crippen LogP contribution < -0.4 is 5.32 Å². The van der Waals surface area contributed by atoms with Gasteiger partial charge in [0.05, 0.1) is 0 Å². The Hall–Kier alpha value is -0.530. The van der Waals surface area contributed by atoms with Crippen LogP contribution in [0.25, 0.3) is 0 Å². The molecule has 0 fully saturated rings. The Balaban J connectivity index is 2.55. The van der Waals surface area contributed by atoms with Crippen LogP contribution in [0.4, 0.5) is 0 Å². The normalized spacial score (nSPS) is 12.8. The fourth-order valence-corrected chi connectivity index (χ4v) is 1.36. The second-order valence-electron chi connectivity index (χ2n) is 3.23. The van der Waals surface area contributed by atoms with E-state index in [-0.39, 0.29) is 0 Å². The first kappa shape index (κ1) is 10.6. The number of rotatable bonds is 4. The van der Waals surface area contributed by atoms with Gasteiger partial charge in [0.25, 0.3) is 0 Å². The zero-order chi connectivity index (χ0) is 9.68. The first-order chi connectivity index (χ1) is 6.24. The van der Waals surface area contributed by atoms with Gasteiger partial charge < -0.3 is 5.32 Å². The van der Waals surface area contributed by atoms with E-state index in [1.54, 1.807) is 0 Å². The largest absolute Gasteiger partial charge is 0.310 e. The molecule has 0 aromatic heterocycles. The summed E-state index contributed by atoms with van der Waals surface area (Å²) in [5.41, 5.74) is 1.29. The van der Waals surface area contributed by atoms with Crippen molar-refractivity contribution in [3.05, 3.63) is 34.9 Å². The minimum atomic E-state index is 0.414. The van der Waals surface area contributed by atoms with Gasteiger partial charge in [-0.05, 0) is 37.6 Å². The smallest absolute Gasteiger partial charge is 0.0406 e. The maximum atomic E-state index is 5.80. The predicted octanol–water partition coefficient (Wildman–Crippen LogP) is 3.40. The summed E-state index contributed by atoms with van der Waals surface area (Å²) < 4.78 is 0. The topological polar surface area (TPSA) is 12.0 Å². The molecule has 1 N–H and O–H groups in total. The molecule has 1 rings (SSSR count). The summed E-state index contributed by atoms with van der Waals surface area (Å²) in [6, 6.07) is 8.41. The maximum Gasteiger partial charge on any atom is 0.0406 e. The molecular weight excluding hydrogens is 182 g/mol. The SMILES string of the molecule is CCCN[C@@H](C)c1ccc(Cl)cc1.